The number of aromatic nitrogens is 1. The number of nitriles is 1. The summed E-state index contributed by atoms with van der Waals surface area (Å²) in [4.78, 5) is 18.5. The highest BCUT2D eigenvalue weighted by atomic mass is 16.4. The number of aliphatic imine (C=N–C) groups is 1. The lowest BCUT2D eigenvalue weighted by Crippen LogP contribution is -2.34. The van der Waals surface area contributed by atoms with Crippen LogP contribution in [0.15, 0.2) is 29.5 Å². The molecule has 0 fully saturated rings. The zero-order valence-corrected chi connectivity index (χ0v) is 11.0. The van der Waals surface area contributed by atoms with Gasteiger partial charge in [-0.15, -0.1) is 0 Å². The number of nitrogens with one attached hydrogen (secondary N) is 2. The molecule has 0 aliphatic carbocycles. The molecule has 1 aromatic rings. The van der Waals surface area contributed by atoms with Gasteiger partial charge in [0.1, 0.15) is 0 Å². The minimum atomic E-state index is -0.774. The number of aliphatic carboxylic acids is 1. The van der Waals surface area contributed by atoms with Crippen LogP contribution in [0.4, 0.5) is 5.69 Å². The van der Waals surface area contributed by atoms with Crippen LogP contribution in [0.25, 0.3) is 0 Å². The highest BCUT2D eigenvalue weighted by molar-refractivity contribution is 5.83. The van der Waals surface area contributed by atoms with Gasteiger partial charge in [0, 0.05) is 25.4 Å². The molecular weight excluding hydrogens is 258 g/mol. The second-order valence-electron chi connectivity index (χ2n) is 4.03. The first-order chi connectivity index (χ1) is 9.72. The number of hydrogen-bond donors (Lipinski definition) is 3. The zero-order valence-electron chi connectivity index (χ0n) is 11.0. The molecule has 1 rings (SSSR count). The normalized spacial score (nSPS) is 10.7. The van der Waals surface area contributed by atoms with E-state index in [0.29, 0.717) is 24.6 Å². The van der Waals surface area contributed by atoms with Crippen molar-refractivity contribution >= 4 is 17.6 Å². The van der Waals surface area contributed by atoms with Crippen LogP contribution in [0.3, 0.4) is 0 Å². The third-order valence-corrected chi connectivity index (χ3v) is 2.44. The molecule has 7 heteroatoms. The molecule has 0 unspecified atom stereocenters. The van der Waals surface area contributed by atoms with Crippen molar-refractivity contribution in [3.8, 4) is 6.19 Å². The molecule has 0 atom stereocenters. The third-order valence-electron chi connectivity index (χ3n) is 2.44. The van der Waals surface area contributed by atoms with E-state index in [1.807, 2.05) is 6.19 Å². The first-order valence-electron chi connectivity index (χ1n) is 6.32. The van der Waals surface area contributed by atoms with Gasteiger partial charge in [0.2, 0.25) is 5.96 Å². The van der Waals surface area contributed by atoms with Crippen LogP contribution in [0, 0.1) is 11.5 Å². The monoisotopic (exact) mass is 275 g/mol. The SMILES string of the molecule is N#CNC(=Nc1ccncc1)NCCCCCC(=O)O. The molecule has 0 saturated heterocycles. The minimum absolute atomic E-state index is 0.189. The van der Waals surface area contributed by atoms with Crippen LogP contribution < -0.4 is 10.6 Å². The fourth-order valence-corrected chi connectivity index (χ4v) is 1.50. The molecule has 1 heterocycles. The number of pyridine rings is 1. The van der Waals surface area contributed by atoms with E-state index < -0.39 is 5.97 Å². The van der Waals surface area contributed by atoms with Crippen molar-refractivity contribution in [1.82, 2.24) is 15.6 Å². The number of guanidine groups is 1. The Kier molecular flexibility index (Phi) is 7.20. The van der Waals surface area contributed by atoms with E-state index in [9.17, 15) is 4.79 Å². The highest BCUT2D eigenvalue weighted by Gasteiger charge is 1.99. The van der Waals surface area contributed by atoms with Crippen LogP contribution in [-0.4, -0.2) is 28.6 Å². The molecular formula is C13H17N5O2. The van der Waals surface area contributed by atoms with Gasteiger partial charge in [0.15, 0.2) is 6.19 Å². The first-order valence-corrected chi connectivity index (χ1v) is 6.32. The van der Waals surface area contributed by atoms with Crippen molar-refractivity contribution in [2.75, 3.05) is 6.54 Å². The van der Waals surface area contributed by atoms with Crippen LogP contribution in [0.5, 0.6) is 0 Å². The fourth-order valence-electron chi connectivity index (χ4n) is 1.50. The van der Waals surface area contributed by atoms with Gasteiger partial charge in [-0.25, -0.2) is 4.99 Å². The fraction of sp³-hybridized carbons (Fsp3) is 0.385. The molecule has 0 aliphatic rings. The Hall–Kier alpha value is -2.62. The number of carbonyl (C=O) groups is 1. The number of carboxylic acid groups (broad SMARTS) is 1. The number of rotatable bonds is 7. The summed E-state index contributed by atoms with van der Waals surface area (Å²) in [6, 6.07) is 3.46. The minimum Gasteiger partial charge on any atom is -0.481 e. The predicted octanol–water partition coefficient (Wildman–Crippen LogP) is 1.37. The molecule has 3 N–H and O–H groups in total. The van der Waals surface area contributed by atoms with E-state index in [2.05, 4.69) is 20.6 Å². The molecule has 0 amide bonds. The Morgan fingerprint density at radius 1 is 1.35 bits per heavy atom. The van der Waals surface area contributed by atoms with Crippen LogP contribution in [0.1, 0.15) is 25.7 Å². The molecule has 0 aromatic carbocycles. The zero-order chi connectivity index (χ0) is 14.6. The van der Waals surface area contributed by atoms with Crippen LogP contribution >= 0.6 is 0 Å². The number of unbranched alkanes of at least 4 members (excludes halogenated alkanes) is 2. The Balaban J connectivity index is 2.35. The van der Waals surface area contributed by atoms with Gasteiger partial charge < -0.3 is 10.4 Å². The third kappa shape index (κ3) is 6.96. The Morgan fingerprint density at radius 2 is 2.10 bits per heavy atom. The van der Waals surface area contributed by atoms with Gasteiger partial charge in [-0.2, -0.15) is 5.26 Å². The summed E-state index contributed by atoms with van der Waals surface area (Å²) < 4.78 is 0. The summed E-state index contributed by atoms with van der Waals surface area (Å²) in [7, 11) is 0. The summed E-state index contributed by atoms with van der Waals surface area (Å²) in [5.41, 5.74) is 0.691. The predicted molar refractivity (Wildman–Crippen MR) is 74.2 cm³/mol. The maximum absolute atomic E-state index is 10.3. The molecule has 0 radical (unpaired) electrons. The summed E-state index contributed by atoms with van der Waals surface area (Å²) in [5, 5.41) is 22.6. The number of carboxylic acids is 1. The second-order valence-corrected chi connectivity index (χ2v) is 4.03. The van der Waals surface area contributed by atoms with Gasteiger partial charge in [-0.05, 0) is 25.0 Å². The van der Waals surface area contributed by atoms with Crippen LogP contribution in [0.2, 0.25) is 0 Å². The molecule has 0 bridgehead atoms. The smallest absolute Gasteiger partial charge is 0.303 e. The van der Waals surface area contributed by atoms with Gasteiger partial charge in [-0.3, -0.25) is 15.1 Å². The van der Waals surface area contributed by atoms with Crippen molar-refractivity contribution in [3.63, 3.8) is 0 Å². The molecule has 20 heavy (non-hydrogen) atoms. The Morgan fingerprint density at radius 3 is 2.75 bits per heavy atom. The maximum atomic E-state index is 10.3. The van der Waals surface area contributed by atoms with Crippen molar-refractivity contribution in [1.29, 1.82) is 5.26 Å². The van der Waals surface area contributed by atoms with E-state index in [4.69, 9.17) is 10.4 Å². The lowest BCUT2D eigenvalue weighted by molar-refractivity contribution is -0.137. The Labute approximate surface area is 117 Å². The summed E-state index contributed by atoms with van der Waals surface area (Å²) in [6.45, 7) is 0.623. The average molecular weight is 275 g/mol. The summed E-state index contributed by atoms with van der Waals surface area (Å²) in [5.74, 6) is -0.402. The second kappa shape index (κ2) is 9.33. The maximum Gasteiger partial charge on any atom is 0.303 e. The van der Waals surface area contributed by atoms with Crippen molar-refractivity contribution in [2.24, 2.45) is 4.99 Å². The Bertz CT molecular complexity index is 481. The van der Waals surface area contributed by atoms with Crippen molar-refractivity contribution < 1.29 is 9.90 Å². The standard InChI is InChI=1S/C13H17N5O2/c14-10-17-13(18-11-5-8-15-9-6-11)16-7-3-1-2-4-12(19)20/h5-6,8-9H,1-4,7H2,(H,19,20)(H2,15,16,17,18). The van der Waals surface area contributed by atoms with Crippen molar-refractivity contribution in [3.05, 3.63) is 24.5 Å². The lowest BCUT2D eigenvalue weighted by Gasteiger charge is -2.07. The summed E-state index contributed by atoms with van der Waals surface area (Å²) >= 11 is 0. The van der Waals surface area contributed by atoms with E-state index in [-0.39, 0.29) is 6.42 Å². The van der Waals surface area contributed by atoms with E-state index in [1.54, 1.807) is 24.5 Å². The number of hydrogen-bond acceptors (Lipinski definition) is 4. The molecule has 1 aromatic heterocycles. The average Bonchev–Trinajstić information content (AvgIpc) is 2.43. The van der Waals surface area contributed by atoms with Gasteiger partial charge in [-0.1, -0.05) is 6.42 Å². The highest BCUT2D eigenvalue weighted by Crippen LogP contribution is 2.07. The lowest BCUT2D eigenvalue weighted by atomic mass is 10.2. The molecule has 0 spiro atoms. The molecule has 0 aliphatic heterocycles. The van der Waals surface area contributed by atoms with Gasteiger partial charge in [0.05, 0.1) is 5.69 Å². The quantitative estimate of drug-likeness (QED) is 0.228. The topological polar surface area (TPSA) is 110 Å². The van der Waals surface area contributed by atoms with Crippen LogP contribution in [-0.2, 0) is 4.79 Å². The van der Waals surface area contributed by atoms with E-state index in [0.717, 1.165) is 12.8 Å². The molecule has 0 saturated carbocycles. The first kappa shape index (κ1) is 15.4. The van der Waals surface area contributed by atoms with Crippen molar-refractivity contribution in [2.45, 2.75) is 25.7 Å². The largest absolute Gasteiger partial charge is 0.481 e. The van der Waals surface area contributed by atoms with Gasteiger partial charge in [0.25, 0.3) is 0 Å². The van der Waals surface area contributed by atoms with E-state index >= 15 is 0 Å². The number of nitrogens with zero attached hydrogens (tertiary/aromatic N) is 3. The van der Waals surface area contributed by atoms with Gasteiger partial charge >= 0.3 is 5.97 Å². The van der Waals surface area contributed by atoms with E-state index in [1.165, 1.54) is 0 Å². The molecule has 7 nitrogen and oxygen atoms in total. The molecule has 106 valence electrons. The summed E-state index contributed by atoms with van der Waals surface area (Å²) in [6.07, 6.45) is 7.53.